The number of carbonyl (C=O) groups is 2. The van der Waals surface area contributed by atoms with Crippen molar-refractivity contribution in [3.8, 4) is 0 Å². The highest BCUT2D eigenvalue weighted by molar-refractivity contribution is 9.10. The number of alkyl carbamates (subject to hydrolysis) is 1. The molecule has 1 heterocycles. The molecule has 2 N–H and O–H groups in total. The maximum absolute atomic E-state index is 11.8. The van der Waals surface area contributed by atoms with Crippen molar-refractivity contribution >= 4 is 28.0 Å². The van der Waals surface area contributed by atoms with Crippen LogP contribution in [0.3, 0.4) is 0 Å². The fourth-order valence-corrected chi connectivity index (χ4v) is 2.10. The van der Waals surface area contributed by atoms with Gasteiger partial charge in [-0.2, -0.15) is 5.10 Å². The number of carbonyl (C=O) groups excluding carboxylic acids is 1. The lowest BCUT2D eigenvalue weighted by atomic mass is 10.1. The zero-order valence-corrected chi connectivity index (χ0v) is 13.4. The van der Waals surface area contributed by atoms with Crippen molar-refractivity contribution in [3.63, 3.8) is 0 Å². The first-order valence-corrected chi connectivity index (χ1v) is 6.78. The Morgan fingerprint density at radius 1 is 1.55 bits per heavy atom. The molecule has 1 amide bonds. The SMILES string of the molecule is Cn1nc(Br)cc1[C@@H](CC(=O)O)NC(=O)OC(C)(C)C. The van der Waals surface area contributed by atoms with Gasteiger partial charge in [-0.15, -0.1) is 0 Å². The number of carboxylic acid groups (broad SMARTS) is 1. The predicted octanol–water partition coefficient (Wildman–Crippen LogP) is 2.22. The number of nitrogens with one attached hydrogen (secondary N) is 1. The van der Waals surface area contributed by atoms with E-state index in [0.29, 0.717) is 10.3 Å². The predicted molar refractivity (Wildman–Crippen MR) is 75.3 cm³/mol. The number of ether oxygens (including phenoxy) is 1. The molecule has 1 aromatic heterocycles. The second-order valence-electron chi connectivity index (χ2n) is 5.31. The molecule has 0 saturated carbocycles. The van der Waals surface area contributed by atoms with Gasteiger partial charge in [0.15, 0.2) is 0 Å². The van der Waals surface area contributed by atoms with Crippen molar-refractivity contribution in [2.45, 2.75) is 38.8 Å². The molecule has 112 valence electrons. The zero-order valence-electron chi connectivity index (χ0n) is 11.8. The van der Waals surface area contributed by atoms with E-state index in [1.807, 2.05) is 0 Å². The van der Waals surface area contributed by atoms with Gasteiger partial charge < -0.3 is 15.2 Å². The number of aromatic nitrogens is 2. The molecule has 0 bridgehead atoms. The van der Waals surface area contributed by atoms with Gasteiger partial charge in [0, 0.05) is 7.05 Å². The minimum Gasteiger partial charge on any atom is -0.481 e. The van der Waals surface area contributed by atoms with Gasteiger partial charge in [0.05, 0.1) is 18.2 Å². The summed E-state index contributed by atoms with van der Waals surface area (Å²) in [4.78, 5) is 22.7. The molecule has 0 saturated heterocycles. The van der Waals surface area contributed by atoms with E-state index in [1.165, 1.54) is 4.68 Å². The fraction of sp³-hybridized carbons (Fsp3) is 0.583. The average molecular weight is 348 g/mol. The highest BCUT2D eigenvalue weighted by Gasteiger charge is 2.24. The summed E-state index contributed by atoms with van der Waals surface area (Å²) in [6, 6.07) is 0.941. The summed E-state index contributed by atoms with van der Waals surface area (Å²) in [5.41, 5.74) is -0.0737. The molecule has 1 rings (SSSR count). The first kappa shape index (κ1) is 16.5. The van der Waals surface area contributed by atoms with Gasteiger partial charge in [-0.1, -0.05) is 0 Å². The summed E-state index contributed by atoms with van der Waals surface area (Å²) in [5.74, 6) is -1.02. The zero-order chi connectivity index (χ0) is 15.5. The Labute approximate surface area is 125 Å². The third-order valence-corrected chi connectivity index (χ3v) is 2.70. The van der Waals surface area contributed by atoms with Crippen LogP contribution < -0.4 is 5.32 Å². The number of carboxylic acids is 1. The van der Waals surface area contributed by atoms with E-state index in [-0.39, 0.29) is 6.42 Å². The minimum absolute atomic E-state index is 0.259. The van der Waals surface area contributed by atoms with Crippen molar-refractivity contribution in [1.82, 2.24) is 15.1 Å². The van der Waals surface area contributed by atoms with E-state index in [9.17, 15) is 9.59 Å². The van der Waals surface area contributed by atoms with Crippen LogP contribution in [0.15, 0.2) is 10.7 Å². The molecule has 0 aliphatic rings. The lowest BCUT2D eigenvalue weighted by Gasteiger charge is -2.23. The number of hydrogen-bond donors (Lipinski definition) is 2. The second kappa shape index (κ2) is 6.25. The van der Waals surface area contributed by atoms with E-state index in [0.717, 1.165) is 0 Å². The van der Waals surface area contributed by atoms with Crippen LogP contribution in [-0.2, 0) is 16.6 Å². The molecule has 0 radical (unpaired) electrons. The van der Waals surface area contributed by atoms with Crippen LogP contribution in [0, 0.1) is 0 Å². The molecule has 1 aromatic rings. The normalized spacial score (nSPS) is 12.8. The Bertz CT molecular complexity index is 507. The van der Waals surface area contributed by atoms with Crippen molar-refractivity contribution < 1.29 is 19.4 Å². The quantitative estimate of drug-likeness (QED) is 0.870. The van der Waals surface area contributed by atoms with E-state index in [2.05, 4.69) is 26.3 Å². The Balaban J connectivity index is 2.88. The van der Waals surface area contributed by atoms with E-state index in [4.69, 9.17) is 9.84 Å². The molecule has 1 atom stereocenters. The number of aryl methyl sites for hydroxylation is 1. The molecule has 8 heteroatoms. The molecule has 0 spiro atoms. The second-order valence-corrected chi connectivity index (χ2v) is 6.12. The Kier molecular flexibility index (Phi) is 5.15. The van der Waals surface area contributed by atoms with Crippen molar-refractivity contribution in [2.24, 2.45) is 7.05 Å². The van der Waals surface area contributed by atoms with Crippen LogP contribution in [0.1, 0.15) is 38.9 Å². The van der Waals surface area contributed by atoms with Gasteiger partial charge in [0.2, 0.25) is 0 Å². The van der Waals surface area contributed by atoms with Crippen LogP contribution in [0.2, 0.25) is 0 Å². The summed E-state index contributed by atoms with van der Waals surface area (Å²) in [6.07, 6.45) is -0.924. The topological polar surface area (TPSA) is 93.5 Å². The monoisotopic (exact) mass is 347 g/mol. The van der Waals surface area contributed by atoms with Gasteiger partial charge in [-0.25, -0.2) is 4.79 Å². The van der Waals surface area contributed by atoms with Crippen molar-refractivity contribution in [1.29, 1.82) is 0 Å². The highest BCUT2D eigenvalue weighted by Crippen LogP contribution is 2.21. The standard InChI is InChI=1S/C12H18BrN3O4/c1-12(2,3)20-11(19)14-7(5-10(17)18)8-6-9(13)15-16(8)4/h6-7H,5H2,1-4H3,(H,14,19)(H,17,18)/t7-/m1/s1. The first-order chi connectivity index (χ1) is 9.08. The molecule has 0 aliphatic carbocycles. The van der Waals surface area contributed by atoms with Crippen LogP contribution in [-0.4, -0.2) is 32.6 Å². The molecular weight excluding hydrogens is 330 g/mol. The van der Waals surface area contributed by atoms with E-state index in [1.54, 1.807) is 33.9 Å². The minimum atomic E-state index is -1.02. The molecular formula is C12H18BrN3O4. The number of rotatable bonds is 4. The molecule has 20 heavy (non-hydrogen) atoms. The van der Waals surface area contributed by atoms with Crippen LogP contribution in [0.5, 0.6) is 0 Å². The summed E-state index contributed by atoms with van der Waals surface area (Å²) in [5, 5.41) is 15.6. The third-order valence-electron chi connectivity index (χ3n) is 2.31. The molecule has 0 unspecified atom stereocenters. The summed E-state index contributed by atoms with van der Waals surface area (Å²) in [6.45, 7) is 5.21. The number of nitrogens with zero attached hydrogens (tertiary/aromatic N) is 2. The van der Waals surface area contributed by atoms with Gasteiger partial charge in [0.1, 0.15) is 10.2 Å². The maximum atomic E-state index is 11.8. The summed E-state index contributed by atoms with van der Waals surface area (Å²) < 4.78 is 7.21. The number of halogens is 1. The van der Waals surface area contributed by atoms with Crippen molar-refractivity contribution in [2.75, 3.05) is 0 Å². The Hall–Kier alpha value is -1.57. The van der Waals surface area contributed by atoms with Gasteiger partial charge >= 0.3 is 12.1 Å². The van der Waals surface area contributed by atoms with Gasteiger partial charge in [-0.05, 0) is 42.8 Å². The molecule has 7 nitrogen and oxygen atoms in total. The fourth-order valence-electron chi connectivity index (χ4n) is 1.63. The van der Waals surface area contributed by atoms with Crippen LogP contribution >= 0.6 is 15.9 Å². The number of aliphatic carboxylic acids is 1. The molecule has 0 aromatic carbocycles. The number of hydrogen-bond acceptors (Lipinski definition) is 4. The smallest absolute Gasteiger partial charge is 0.408 e. The average Bonchev–Trinajstić information content (AvgIpc) is 2.53. The first-order valence-electron chi connectivity index (χ1n) is 5.99. The van der Waals surface area contributed by atoms with E-state index >= 15 is 0 Å². The van der Waals surface area contributed by atoms with Crippen LogP contribution in [0.4, 0.5) is 4.79 Å². The molecule has 0 aliphatic heterocycles. The van der Waals surface area contributed by atoms with E-state index < -0.39 is 23.7 Å². The Morgan fingerprint density at radius 2 is 2.15 bits per heavy atom. The largest absolute Gasteiger partial charge is 0.481 e. The Morgan fingerprint density at radius 3 is 2.55 bits per heavy atom. The van der Waals surface area contributed by atoms with Crippen molar-refractivity contribution in [3.05, 3.63) is 16.4 Å². The maximum Gasteiger partial charge on any atom is 0.408 e. The third kappa shape index (κ3) is 5.20. The lowest BCUT2D eigenvalue weighted by molar-refractivity contribution is -0.137. The molecule has 0 fully saturated rings. The lowest BCUT2D eigenvalue weighted by Crippen LogP contribution is -2.36. The summed E-state index contributed by atoms with van der Waals surface area (Å²) >= 11 is 3.21. The number of amides is 1. The van der Waals surface area contributed by atoms with Gasteiger partial charge in [-0.3, -0.25) is 9.48 Å². The highest BCUT2D eigenvalue weighted by atomic mass is 79.9. The summed E-state index contributed by atoms with van der Waals surface area (Å²) in [7, 11) is 1.67. The van der Waals surface area contributed by atoms with Gasteiger partial charge in [0.25, 0.3) is 0 Å². The van der Waals surface area contributed by atoms with Crippen LogP contribution in [0.25, 0.3) is 0 Å².